The summed E-state index contributed by atoms with van der Waals surface area (Å²) in [4.78, 5) is 42.2. The predicted octanol–water partition coefficient (Wildman–Crippen LogP) is 4.31. The van der Waals surface area contributed by atoms with Crippen LogP contribution in [-0.4, -0.2) is 40.5 Å². The highest BCUT2D eigenvalue weighted by molar-refractivity contribution is 6.30. The molecule has 1 amide bonds. The molecule has 3 rings (SSSR count). The van der Waals surface area contributed by atoms with Gasteiger partial charge in [-0.1, -0.05) is 30.7 Å². The monoisotopic (exact) mass is 480 g/mol. The third-order valence-corrected chi connectivity index (χ3v) is 6.22. The fourth-order valence-electron chi connectivity index (χ4n) is 4.37. The Hall–Kier alpha value is -3.32. The molecule has 1 aromatic carbocycles. The van der Waals surface area contributed by atoms with E-state index in [0.29, 0.717) is 17.9 Å². The molecule has 0 aliphatic heterocycles. The maximum Gasteiger partial charge on any atom is 0.269 e. The number of hydrogen-bond donors (Lipinski definition) is 1. The Morgan fingerprint density at radius 1 is 1.38 bits per heavy atom. The van der Waals surface area contributed by atoms with Gasteiger partial charge in [-0.2, -0.15) is 5.10 Å². The highest BCUT2D eigenvalue weighted by Crippen LogP contribution is 2.38. The van der Waals surface area contributed by atoms with Gasteiger partial charge in [0.1, 0.15) is 17.4 Å². The molecule has 1 N–H and O–H groups in total. The van der Waals surface area contributed by atoms with E-state index in [2.05, 4.69) is 22.1 Å². The van der Waals surface area contributed by atoms with Crippen LogP contribution in [0.5, 0.6) is 0 Å². The molecule has 2 aromatic rings. The van der Waals surface area contributed by atoms with Gasteiger partial charge in [-0.05, 0) is 68.3 Å². The fraction of sp³-hybridized carbons (Fsp3) is 0.346. The third-order valence-electron chi connectivity index (χ3n) is 6.03. The van der Waals surface area contributed by atoms with Crippen molar-refractivity contribution in [2.75, 3.05) is 6.54 Å². The van der Waals surface area contributed by atoms with E-state index in [1.165, 1.54) is 0 Å². The van der Waals surface area contributed by atoms with E-state index in [0.717, 1.165) is 22.4 Å². The van der Waals surface area contributed by atoms with Gasteiger partial charge in [0.05, 0.1) is 16.9 Å². The molecule has 178 valence electrons. The number of ketones is 2. The normalized spacial score (nSPS) is 18.6. The minimum absolute atomic E-state index is 0.0737. The molecule has 0 bridgehead atoms. The van der Waals surface area contributed by atoms with E-state index in [1.54, 1.807) is 35.3 Å². The minimum atomic E-state index is -0.772. The number of allylic oxidation sites excluding steroid dienone is 3. The van der Waals surface area contributed by atoms with Gasteiger partial charge in [-0.3, -0.25) is 19.4 Å². The van der Waals surface area contributed by atoms with Gasteiger partial charge < -0.3 is 5.32 Å². The van der Waals surface area contributed by atoms with Gasteiger partial charge in [-0.15, -0.1) is 0 Å². The highest BCUT2D eigenvalue weighted by Gasteiger charge is 2.43. The number of Topliss-reactive ketones (excluding diaryl/α,β-unsaturated/α-hetero) is 2. The third kappa shape index (κ3) is 5.42. The van der Waals surface area contributed by atoms with Gasteiger partial charge >= 0.3 is 0 Å². The van der Waals surface area contributed by atoms with Crippen LogP contribution in [0.25, 0.3) is 5.69 Å². The van der Waals surface area contributed by atoms with Gasteiger partial charge in [0.15, 0.2) is 5.78 Å². The van der Waals surface area contributed by atoms with Crippen LogP contribution in [0.3, 0.4) is 0 Å². The number of nitrogens with one attached hydrogen (secondary N) is 1. The number of carbonyl (C=O) groups is 3. The van der Waals surface area contributed by atoms with Crippen molar-refractivity contribution in [3.63, 3.8) is 0 Å². The molecule has 1 heterocycles. The first kappa shape index (κ1) is 25.3. The van der Waals surface area contributed by atoms with E-state index in [1.807, 2.05) is 32.9 Å². The Morgan fingerprint density at radius 3 is 2.76 bits per heavy atom. The number of rotatable bonds is 9. The maximum absolute atomic E-state index is 13.3. The number of aryl methyl sites for hydroxylation is 2. The summed E-state index contributed by atoms with van der Waals surface area (Å²) < 4.78 is 1.68. The average molecular weight is 481 g/mol. The van der Waals surface area contributed by atoms with Crippen molar-refractivity contribution in [3.05, 3.63) is 70.2 Å². The van der Waals surface area contributed by atoms with Crippen molar-refractivity contribution in [2.24, 2.45) is 10.9 Å². The molecule has 8 heteroatoms. The molecule has 1 fully saturated rings. The molecule has 1 aliphatic carbocycles. The quantitative estimate of drug-likeness (QED) is 0.250. The van der Waals surface area contributed by atoms with Gasteiger partial charge in [-0.25, -0.2) is 4.68 Å². The number of aromatic nitrogens is 2. The second kappa shape index (κ2) is 11.2. The summed E-state index contributed by atoms with van der Waals surface area (Å²) in [5.74, 6) is -1.72. The molecule has 7 nitrogen and oxygen atoms in total. The zero-order chi connectivity index (χ0) is 24.8. The lowest BCUT2D eigenvalue weighted by Gasteiger charge is -2.18. The molecule has 34 heavy (non-hydrogen) atoms. The number of nitrogens with zero attached hydrogens (tertiary/aromatic N) is 3. The van der Waals surface area contributed by atoms with Gasteiger partial charge in [0.2, 0.25) is 0 Å². The molecule has 1 aromatic heterocycles. The Kier molecular flexibility index (Phi) is 8.34. The molecule has 0 spiro atoms. The lowest BCUT2D eigenvalue weighted by molar-refractivity contribution is -0.125. The number of amides is 1. The van der Waals surface area contributed by atoms with Crippen LogP contribution in [0.2, 0.25) is 5.02 Å². The van der Waals surface area contributed by atoms with Gasteiger partial charge in [0.25, 0.3) is 5.91 Å². The summed E-state index contributed by atoms with van der Waals surface area (Å²) in [6.07, 6.45) is 9.58. The Balaban J connectivity index is 1.75. The van der Waals surface area contributed by atoms with Crippen molar-refractivity contribution in [2.45, 2.75) is 46.0 Å². The van der Waals surface area contributed by atoms with Crippen LogP contribution < -0.4 is 5.32 Å². The Bertz CT molecular complexity index is 1180. The Morgan fingerprint density at radius 2 is 2.15 bits per heavy atom. The predicted molar refractivity (Wildman–Crippen MR) is 134 cm³/mol. The summed E-state index contributed by atoms with van der Waals surface area (Å²) in [5, 5.41) is 7.55. The molecular weight excluding hydrogens is 452 g/mol. The highest BCUT2D eigenvalue weighted by atomic mass is 35.5. The van der Waals surface area contributed by atoms with E-state index in [4.69, 9.17) is 11.6 Å². The summed E-state index contributed by atoms with van der Waals surface area (Å²) in [5.41, 5.74) is 3.64. The van der Waals surface area contributed by atoms with Crippen LogP contribution in [0, 0.1) is 12.8 Å². The molecular formula is C26H29ClN4O3. The number of benzene rings is 1. The first-order valence-electron chi connectivity index (χ1n) is 11.3. The van der Waals surface area contributed by atoms with Crippen molar-refractivity contribution in [3.8, 4) is 5.69 Å². The zero-order valence-electron chi connectivity index (χ0n) is 19.7. The van der Waals surface area contributed by atoms with Crippen molar-refractivity contribution >= 4 is 35.8 Å². The van der Waals surface area contributed by atoms with E-state index >= 15 is 0 Å². The van der Waals surface area contributed by atoms with E-state index in [-0.39, 0.29) is 36.1 Å². The molecule has 0 saturated heterocycles. The molecule has 1 aliphatic rings. The summed E-state index contributed by atoms with van der Waals surface area (Å²) >= 11 is 6.01. The lowest BCUT2D eigenvalue weighted by atomic mass is 9.85. The molecule has 1 saturated carbocycles. The number of halogens is 1. The topological polar surface area (TPSA) is 93.4 Å². The molecule has 2 atom stereocenters. The SMILES string of the molecule is C=N/C(=C\C=C/C)C(=O)NCCC1CC(=O)C(c2c(C)cc(-n3cc(Cl)cn3)cc2CC)C1=O. The van der Waals surface area contributed by atoms with Crippen molar-refractivity contribution in [1.82, 2.24) is 15.1 Å². The van der Waals surface area contributed by atoms with E-state index in [9.17, 15) is 14.4 Å². The van der Waals surface area contributed by atoms with Crippen molar-refractivity contribution < 1.29 is 14.4 Å². The number of carbonyl (C=O) groups excluding carboxylic acids is 3. The van der Waals surface area contributed by atoms with Crippen LogP contribution in [0.4, 0.5) is 0 Å². The smallest absolute Gasteiger partial charge is 0.269 e. The minimum Gasteiger partial charge on any atom is -0.351 e. The first-order chi connectivity index (χ1) is 16.3. The van der Waals surface area contributed by atoms with Gasteiger partial charge in [0, 0.05) is 25.1 Å². The Labute approximate surface area is 204 Å². The van der Waals surface area contributed by atoms with E-state index < -0.39 is 11.8 Å². The summed E-state index contributed by atoms with van der Waals surface area (Å²) in [6.45, 7) is 9.44. The molecule has 2 unspecified atom stereocenters. The van der Waals surface area contributed by atoms with Crippen LogP contribution in [0.15, 0.2) is 53.4 Å². The summed E-state index contributed by atoms with van der Waals surface area (Å²) in [7, 11) is 0. The van der Waals surface area contributed by atoms with Crippen LogP contribution in [0.1, 0.15) is 49.3 Å². The number of aliphatic imine (C=N–C) groups is 1. The largest absolute Gasteiger partial charge is 0.351 e. The maximum atomic E-state index is 13.3. The van der Waals surface area contributed by atoms with Crippen LogP contribution in [-0.2, 0) is 20.8 Å². The average Bonchev–Trinajstić information content (AvgIpc) is 3.36. The fourth-order valence-corrected chi connectivity index (χ4v) is 4.51. The second-order valence-electron chi connectivity index (χ2n) is 8.28. The standard InChI is InChI=1S/C26H29ClN4O3/c1-5-7-8-21(28-4)26(34)29-10-9-18-13-22(32)24(25(18)33)23-16(3)11-20(12-17(23)6-2)31-15-19(27)14-30-31/h5,7-8,11-12,14-15,18,24H,4,6,9-10,13H2,1-3H3,(H,29,34)/b7-5-,21-8-. The summed E-state index contributed by atoms with van der Waals surface area (Å²) in [6, 6.07) is 3.88. The number of hydrogen-bond acceptors (Lipinski definition) is 5. The zero-order valence-corrected chi connectivity index (χ0v) is 20.4. The first-order valence-corrected chi connectivity index (χ1v) is 11.7. The lowest BCUT2D eigenvalue weighted by Crippen LogP contribution is -2.28. The second-order valence-corrected chi connectivity index (χ2v) is 8.71. The van der Waals surface area contributed by atoms with Crippen molar-refractivity contribution in [1.29, 1.82) is 0 Å². The van der Waals surface area contributed by atoms with Crippen LogP contribution >= 0.6 is 11.6 Å². The molecule has 0 radical (unpaired) electrons.